The maximum Gasteiger partial charge on any atom is 0.242 e. The summed E-state index contributed by atoms with van der Waals surface area (Å²) in [6, 6.07) is 7.86. The second-order valence-electron chi connectivity index (χ2n) is 5.87. The number of sulfonamides is 1. The zero-order valence-corrected chi connectivity index (χ0v) is 13.9. The summed E-state index contributed by atoms with van der Waals surface area (Å²) in [4.78, 5) is 11.9. The SMILES string of the molecule is C[C@@H]1CCCC[C@@H]1NC(=O)CNS(=O)(=O)c1ccccc1C#N. The van der Waals surface area contributed by atoms with Crippen molar-refractivity contribution in [2.75, 3.05) is 6.54 Å². The van der Waals surface area contributed by atoms with Gasteiger partial charge in [0.1, 0.15) is 6.07 Å². The molecule has 7 heteroatoms. The van der Waals surface area contributed by atoms with Crippen LogP contribution in [0.3, 0.4) is 0 Å². The summed E-state index contributed by atoms with van der Waals surface area (Å²) >= 11 is 0. The molecule has 1 saturated carbocycles. The molecule has 0 unspecified atom stereocenters. The number of hydrogen-bond donors (Lipinski definition) is 2. The van der Waals surface area contributed by atoms with Crippen molar-refractivity contribution < 1.29 is 13.2 Å². The number of carbonyl (C=O) groups is 1. The maximum absolute atomic E-state index is 12.2. The predicted molar refractivity (Wildman–Crippen MR) is 85.9 cm³/mol. The van der Waals surface area contributed by atoms with Crippen LogP contribution in [0.1, 0.15) is 38.2 Å². The Morgan fingerprint density at radius 2 is 2.00 bits per heavy atom. The van der Waals surface area contributed by atoms with Gasteiger partial charge in [0.05, 0.1) is 17.0 Å². The number of rotatable bonds is 5. The highest BCUT2D eigenvalue weighted by Gasteiger charge is 2.24. The van der Waals surface area contributed by atoms with Crippen molar-refractivity contribution in [3.63, 3.8) is 0 Å². The number of benzene rings is 1. The van der Waals surface area contributed by atoms with E-state index >= 15 is 0 Å². The topological polar surface area (TPSA) is 99.1 Å². The first-order valence-electron chi connectivity index (χ1n) is 7.72. The molecule has 0 aromatic heterocycles. The summed E-state index contributed by atoms with van der Waals surface area (Å²) in [5.41, 5.74) is 0.0568. The molecule has 0 bridgehead atoms. The van der Waals surface area contributed by atoms with Crippen molar-refractivity contribution in [2.45, 2.75) is 43.5 Å². The molecule has 1 aromatic rings. The fourth-order valence-electron chi connectivity index (χ4n) is 2.82. The van der Waals surface area contributed by atoms with Crippen LogP contribution in [0.25, 0.3) is 0 Å². The number of nitrogens with one attached hydrogen (secondary N) is 2. The van der Waals surface area contributed by atoms with Gasteiger partial charge in [0.25, 0.3) is 0 Å². The molecule has 1 amide bonds. The van der Waals surface area contributed by atoms with E-state index in [0.717, 1.165) is 19.3 Å². The molecular formula is C16H21N3O3S. The largest absolute Gasteiger partial charge is 0.352 e. The highest BCUT2D eigenvalue weighted by molar-refractivity contribution is 7.89. The molecule has 1 aromatic carbocycles. The van der Waals surface area contributed by atoms with Gasteiger partial charge in [0, 0.05) is 6.04 Å². The van der Waals surface area contributed by atoms with Crippen molar-refractivity contribution in [3.8, 4) is 6.07 Å². The number of carbonyl (C=O) groups excluding carboxylic acids is 1. The van der Waals surface area contributed by atoms with Crippen molar-refractivity contribution in [2.24, 2.45) is 5.92 Å². The number of nitriles is 1. The summed E-state index contributed by atoms with van der Waals surface area (Å²) < 4.78 is 26.7. The second kappa shape index (κ2) is 7.57. The first-order valence-corrected chi connectivity index (χ1v) is 9.20. The van der Waals surface area contributed by atoms with Crippen LogP contribution in [0.5, 0.6) is 0 Å². The molecule has 0 aliphatic heterocycles. The molecule has 2 N–H and O–H groups in total. The lowest BCUT2D eigenvalue weighted by atomic mass is 9.86. The van der Waals surface area contributed by atoms with Gasteiger partial charge in [-0.2, -0.15) is 5.26 Å². The van der Waals surface area contributed by atoms with E-state index < -0.39 is 10.0 Å². The van der Waals surface area contributed by atoms with Crippen LogP contribution < -0.4 is 10.0 Å². The van der Waals surface area contributed by atoms with Gasteiger partial charge in [0.2, 0.25) is 15.9 Å². The van der Waals surface area contributed by atoms with E-state index in [0.29, 0.717) is 5.92 Å². The van der Waals surface area contributed by atoms with Gasteiger partial charge in [-0.15, -0.1) is 0 Å². The lowest BCUT2D eigenvalue weighted by Gasteiger charge is -2.29. The molecule has 2 rings (SSSR count). The van der Waals surface area contributed by atoms with E-state index in [9.17, 15) is 13.2 Å². The fourth-order valence-corrected chi connectivity index (χ4v) is 3.96. The summed E-state index contributed by atoms with van der Waals surface area (Å²) in [7, 11) is -3.89. The van der Waals surface area contributed by atoms with Gasteiger partial charge in [0.15, 0.2) is 0 Å². The van der Waals surface area contributed by atoms with Crippen molar-refractivity contribution in [1.82, 2.24) is 10.0 Å². The van der Waals surface area contributed by atoms with Crippen LogP contribution >= 0.6 is 0 Å². The quantitative estimate of drug-likeness (QED) is 0.852. The van der Waals surface area contributed by atoms with Gasteiger partial charge in [-0.3, -0.25) is 4.79 Å². The van der Waals surface area contributed by atoms with Gasteiger partial charge in [-0.25, -0.2) is 13.1 Å². The van der Waals surface area contributed by atoms with Crippen LogP contribution in [-0.2, 0) is 14.8 Å². The Morgan fingerprint density at radius 1 is 1.30 bits per heavy atom. The van der Waals surface area contributed by atoms with Crippen LogP contribution in [0.2, 0.25) is 0 Å². The first kappa shape index (κ1) is 17.4. The number of hydrogen-bond acceptors (Lipinski definition) is 4. The van der Waals surface area contributed by atoms with Gasteiger partial charge in [-0.05, 0) is 30.9 Å². The van der Waals surface area contributed by atoms with Crippen molar-refractivity contribution in [3.05, 3.63) is 29.8 Å². The Kier molecular flexibility index (Phi) is 5.74. The average molecular weight is 335 g/mol. The lowest BCUT2D eigenvalue weighted by molar-refractivity contribution is -0.121. The van der Waals surface area contributed by atoms with E-state index in [2.05, 4.69) is 17.0 Å². The molecule has 2 atom stereocenters. The van der Waals surface area contributed by atoms with Crippen LogP contribution in [0.15, 0.2) is 29.2 Å². The third-order valence-corrected chi connectivity index (χ3v) is 5.64. The zero-order chi connectivity index (χ0) is 16.9. The monoisotopic (exact) mass is 335 g/mol. The molecule has 1 fully saturated rings. The van der Waals surface area contributed by atoms with Gasteiger partial charge in [-0.1, -0.05) is 31.9 Å². The van der Waals surface area contributed by atoms with Crippen molar-refractivity contribution >= 4 is 15.9 Å². The Morgan fingerprint density at radius 3 is 2.70 bits per heavy atom. The molecule has 1 aliphatic carbocycles. The summed E-state index contributed by atoms with van der Waals surface area (Å²) in [6.45, 7) is 1.77. The van der Waals surface area contributed by atoms with E-state index in [1.54, 1.807) is 12.1 Å². The fraction of sp³-hybridized carbons (Fsp3) is 0.500. The minimum atomic E-state index is -3.89. The summed E-state index contributed by atoms with van der Waals surface area (Å²) in [6.07, 6.45) is 4.25. The number of amides is 1. The van der Waals surface area contributed by atoms with Gasteiger partial charge >= 0.3 is 0 Å². The van der Waals surface area contributed by atoms with Crippen LogP contribution in [-0.4, -0.2) is 26.9 Å². The molecule has 23 heavy (non-hydrogen) atoms. The summed E-state index contributed by atoms with van der Waals surface area (Å²) in [5.74, 6) is 0.0605. The van der Waals surface area contributed by atoms with Crippen LogP contribution in [0, 0.1) is 17.2 Å². The minimum absolute atomic E-state index is 0.0568. The Bertz CT molecular complexity index is 710. The van der Waals surface area contributed by atoms with Crippen molar-refractivity contribution in [1.29, 1.82) is 5.26 Å². The highest BCUT2D eigenvalue weighted by Crippen LogP contribution is 2.23. The Labute approximate surface area is 136 Å². The van der Waals surface area contributed by atoms with Crippen LogP contribution in [0.4, 0.5) is 0 Å². The van der Waals surface area contributed by atoms with E-state index in [4.69, 9.17) is 5.26 Å². The van der Waals surface area contributed by atoms with E-state index in [1.807, 2.05) is 6.07 Å². The predicted octanol–water partition coefficient (Wildman–Crippen LogP) is 1.53. The lowest BCUT2D eigenvalue weighted by Crippen LogP contribution is -2.45. The standard InChI is InChI=1S/C16H21N3O3S/c1-12-6-2-4-8-14(12)19-16(20)11-18-23(21,22)15-9-5-3-7-13(15)10-17/h3,5,7,9,12,14,18H,2,4,6,8,11H2,1H3,(H,19,20)/t12-,14+/m1/s1. The Hall–Kier alpha value is -1.91. The third-order valence-electron chi connectivity index (χ3n) is 4.18. The smallest absolute Gasteiger partial charge is 0.242 e. The second-order valence-corrected chi connectivity index (χ2v) is 7.60. The van der Waals surface area contributed by atoms with Gasteiger partial charge < -0.3 is 5.32 Å². The molecule has 1 aliphatic rings. The molecule has 124 valence electrons. The molecule has 6 nitrogen and oxygen atoms in total. The highest BCUT2D eigenvalue weighted by atomic mass is 32.2. The normalized spacial score (nSPS) is 21.4. The zero-order valence-electron chi connectivity index (χ0n) is 13.1. The first-order chi connectivity index (χ1) is 10.9. The molecule has 0 saturated heterocycles. The van der Waals surface area contributed by atoms with E-state index in [-0.39, 0.29) is 29.0 Å². The molecule has 0 spiro atoms. The molecule has 0 radical (unpaired) electrons. The average Bonchev–Trinajstić information content (AvgIpc) is 2.55. The molecular weight excluding hydrogens is 314 g/mol. The van der Waals surface area contributed by atoms with E-state index in [1.165, 1.54) is 18.6 Å². The summed E-state index contributed by atoms with van der Waals surface area (Å²) in [5, 5.41) is 11.9. The minimum Gasteiger partial charge on any atom is -0.352 e. The third kappa shape index (κ3) is 4.53. The Balaban J connectivity index is 1.96. The number of nitrogens with zero attached hydrogens (tertiary/aromatic N) is 1. The molecule has 0 heterocycles. The maximum atomic E-state index is 12.2.